The number of hydrogen-bond acceptors (Lipinski definition) is 2. The Morgan fingerprint density at radius 2 is 2.00 bits per heavy atom. The Morgan fingerprint density at radius 1 is 1.25 bits per heavy atom. The molecule has 0 aliphatic heterocycles. The van der Waals surface area contributed by atoms with Crippen LogP contribution in [0.1, 0.15) is 5.56 Å². The molecule has 0 saturated carbocycles. The first kappa shape index (κ1) is 7.22. The molecular weight excluding hydrogens is 149 g/mol. The second-order valence-electron chi connectivity index (χ2n) is 2.65. The molecule has 3 nitrogen and oxygen atoms in total. The van der Waals surface area contributed by atoms with E-state index in [4.69, 9.17) is 0 Å². The van der Waals surface area contributed by atoms with Crippen molar-refractivity contribution < 1.29 is 0 Å². The first-order chi connectivity index (χ1) is 5.86. The van der Waals surface area contributed by atoms with Crippen LogP contribution in [0.5, 0.6) is 0 Å². The molecule has 4 heteroatoms. The van der Waals surface area contributed by atoms with E-state index in [2.05, 4.69) is 17.0 Å². The zero-order valence-electron chi connectivity index (χ0n) is 6.81. The van der Waals surface area contributed by atoms with Gasteiger partial charge in [-0.15, -0.1) is 0 Å². The van der Waals surface area contributed by atoms with Crippen LogP contribution in [0.3, 0.4) is 0 Å². The summed E-state index contributed by atoms with van der Waals surface area (Å²) in [6.07, 6.45) is 1.67. The summed E-state index contributed by atoms with van der Waals surface area (Å²) in [7, 11) is 1.67. The van der Waals surface area contributed by atoms with Crippen LogP contribution in [-0.4, -0.2) is 22.0 Å². The van der Waals surface area contributed by atoms with Gasteiger partial charge in [0.2, 0.25) is 0 Å². The van der Waals surface area contributed by atoms with E-state index in [1.807, 2.05) is 24.3 Å². The predicted molar refractivity (Wildman–Crippen MR) is 47.4 cm³/mol. The fourth-order valence-electron chi connectivity index (χ4n) is 1.03. The predicted octanol–water partition coefficient (Wildman–Crippen LogP) is 0.914. The van der Waals surface area contributed by atoms with Crippen LogP contribution in [0.25, 0.3) is 5.69 Å². The quantitative estimate of drug-likeness (QED) is 0.615. The summed E-state index contributed by atoms with van der Waals surface area (Å²) in [6, 6.07) is 8.07. The van der Waals surface area contributed by atoms with Crippen molar-refractivity contribution in [2.75, 3.05) is 0 Å². The topological polar surface area (TPSA) is 30.7 Å². The van der Waals surface area contributed by atoms with Gasteiger partial charge in [-0.25, -0.2) is 0 Å². The molecule has 0 spiro atoms. The third kappa shape index (κ3) is 1.28. The van der Waals surface area contributed by atoms with Gasteiger partial charge in [-0.3, -0.25) is 0 Å². The van der Waals surface area contributed by atoms with Crippen molar-refractivity contribution in [3.63, 3.8) is 0 Å². The Kier molecular flexibility index (Phi) is 1.74. The van der Waals surface area contributed by atoms with Crippen LogP contribution in [0.15, 0.2) is 30.4 Å². The normalized spacial score (nSPS) is 9.75. The number of rotatable bonds is 1. The summed E-state index contributed by atoms with van der Waals surface area (Å²) < 4.78 is 0. The van der Waals surface area contributed by atoms with Crippen LogP contribution in [-0.2, 0) is 0 Å². The molecule has 0 N–H and O–H groups in total. The van der Waals surface area contributed by atoms with Gasteiger partial charge < -0.3 is 0 Å². The minimum absolute atomic E-state index is 0.991. The van der Waals surface area contributed by atoms with Crippen LogP contribution >= 0.6 is 0 Å². The fraction of sp³-hybridized carbons (Fsp3) is 0.125. The van der Waals surface area contributed by atoms with Gasteiger partial charge in [0.15, 0.2) is 0 Å². The average molecular weight is 157 g/mol. The molecule has 0 amide bonds. The molecule has 0 atom stereocenters. The molecule has 2 rings (SSSR count). The van der Waals surface area contributed by atoms with Crippen molar-refractivity contribution in [3.8, 4) is 5.69 Å². The van der Waals surface area contributed by atoms with Gasteiger partial charge in [-0.1, -0.05) is 0 Å². The first-order valence-electron chi connectivity index (χ1n) is 3.79. The van der Waals surface area contributed by atoms with Crippen molar-refractivity contribution in [1.29, 1.82) is 0 Å². The van der Waals surface area contributed by atoms with Gasteiger partial charge in [-0.05, 0) is 0 Å². The van der Waals surface area contributed by atoms with E-state index in [1.54, 1.807) is 17.9 Å². The molecule has 0 bridgehead atoms. The van der Waals surface area contributed by atoms with E-state index in [-0.39, 0.29) is 0 Å². The third-order valence-corrected chi connectivity index (χ3v) is 1.68. The van der Waals surface area contributed by atoms with E-state index in [9.17, 15) is 0 Å². The van der Waals surface area contributed by atoms with Crippen molar-refractivity contribution in [1.82, 2.24) is 14.9 Å². The van der Waals surface area contributed by atoms with Crippen LogP contribution in [0, 0.1) is 6.92 Å². The number of nitrogens with zero attached hydrogens (tertiary/aromatic N) is 3. The Bertz CT molecular complexity index is 352. The van der Waals surface area contributed by atoms with Crippen LogP contribution in [0.4, 0.5) is 0 Å². The maximum absolute atomic E-state index is 4.02. The first-order valence-corrected chi connectivity index (χ1v) is 3.79. The zero-order chi connectivity index (χ0) is 8.39. The Balaban J connectivity index is 2.43. The van der Waals surface area contributed by atoms with Crippen molar-refractivity contribution in [3.05, 3.63) is 35.9 Å². The molecule has 0 aliphatic rings. The molecule has 1 aromatic heterocycles. The standard InChI is InChI=1S/C8H8BN3/c1-7-2-4-8(5-3-7)12-10-6-9-11-12/h2-6H,1H3. The molecule has 0 fully saturated rings. The maximum atomic E-state index is 4.02. The average Bonchev–Trinajstić information content (AvgIpc) is 2.58. The summed E-state index contributed by atoms with van der Waals surface area (Å²) >= 11 is 0. The van der Waals surface area contributed by atoms with Gasteiger partial charge in [0.05, 0.1) is 0 Å². The van der Waals surface area contributed by atoms with Crippen LogP contribution in [0.2, 0.25) is 0 Å². The third-order valence-electron chi connectivity index (χ3n) is 1.68. The second kappa shape index (κ2) is 2.89. The molecule has 1 heterocycles. The number of hydrogen-bond donors (Lipinski definition) is 0. The summed E-state index contributed by atoms with van der Waals surface area (Å²) in [6.45, 7) is 2.06. The van der Waals surface area contributed by atoms with E-state index < -0.39 is 0 Å². The molecule has 58 valence electrons. The van der Waals surface area contributed by atoms with Crippen molar-refractivity contribution in [2.45, 2.75) is 6.92 Å². The molecule has 1 aromatic carbocycles. The van der Waals surface area contributed by atoms with E-state index >= 15 is 0 Å². The van der Waals surface area contributed by atoms with Gasteiger partial charge in [0.1, 0.15) is 0 Å². The molecule has 2 aromatic rings. The molecule has 0 radical (unpaired) electrons. The number of aryl methyl sites for hydroxylation is 1. The summed E-state index contributed by atoms with van der Waals surface area (Å²) in [5, 5.41) is 8.04. The molecule has 12 heavy (non-hydrogen) atoms. The van der Waals surface area contributed by atoms with Gasteiger partial charge in [0, 0.05) is 0 Å². The van der Waals surface area contributed by atoms with Gasteiger partial charge in [0.25, 0.3) is 0 Å². The van der Waals surface area contributed by atoms with Crippen molar-refractivity contribution in [2.24, 2.45) is 0 Å². The Labute approximate surface area is 71.3 Å². The van der Waals surface area contributed by atoms with Crippen molar-refractivity contribution >= 4 is 7.05 Å². The van der Waals surface area contributed by atoms with Gasteiger partial charge >= 0.3 is 70.5 Å². The summed E-state index contributed by atoms with van der Waals surface area (Å²) in [5.41, 5.74) is 2.23. The van der Waals surface area contributed by atoms with Gasteiger partial charge in [-0.2, -0.15) is 0 Å². The monoisotopic (exact) mass is 157 g/mol. The molecule has 0 unspecified atom stereocenters. The zero-order valence-corrected chi connectivity index (χ0v) is 6.81. The summed E-state index contributed by atoms with van der Waals surface area (Å²) in [4.78, 5) is 1.60. The summed E-state index contributed by atoms with van der Waals surface area (Å²) in [5.74, 6) is 0. The minimum atomic E-state index is 0.991. The van der Waals surface area contributed by atoms with E-state index in [1.165, 1.54) is 5.56 Å². The Morgan fingerprint density at radius 3 is 2.58 bits per heavy atom. The molecular formula is C8H8BN3. The van der Waals surface area contributed by atoms with E-state index in [0.717, 1.165) is 5.69 Å². The van der Waals surface area contributed by atoms with Crippen LogP contribution < -0.4 is 0 Å². The number of aromatic nitrogens is 3. The van der Waals surface area contributed by atoms with E-state index in [0.29, 0.717) is 0 Å². The fourth-order valence-corrected chi connectivity index (χ4v) is 1.03. The SMILES string of the molecule is Cc1ccc(-n2nbcn2)cc1. The Hall–Kier alpha value is -1.45. The molecule has 0 saturated heterocycles. The second-order valence-corrected chi connectivity index (χ2v) is 2.65. The molecule has 0 aliphatic carbocycles. The number of benzene rings is 1.